The second-order valence-corrected chi connectivity index (χ2v) is 0.344. The van der Waals surface area contributed by atoms with Crippen molar-refractivity contribution < 1.29 is 9.47 Å². The topological polar surface area (TPSA) is 21.6 Å². The zero-order valence-corrected chi connectivity index (χ0v) is 2.39. The summed E-state index contributed by atoms with van der Waals surface area (Å²) < 4.78 is 10.3. The predicted molar refractivity (Wildman–Crippen MR) is 16.4 cm³/mol. The lowest BCUT2D eigenvalue weighted by Gasteiger charge is -1.67. The molecule has 0 bridgehead atoms. The van der Waals surface area contributed by atoms with E-state index in [4.69, 9.17) is 0 Å². The third-order valence-electron chi connectivity index (χ3n) is 0.101. The SMILES string of the molecule is [B]N=COF. The molecule has 0 aliphatic rings. The Morgan fingerprint density at radius 2 is 2.60 bits per heavy atom. The highest BCUT2D eigenvalue weighted by molar-refractivity contribution is 6.08. The molecule has 0 aromatic carbocycles. The highest BCUT2D eigenvalue weighted by Crippen LogP contribution is 1.58. The fraction of sp³-hybridized carbons (Fsp3) is 0. The Bertz CT molecular complexity index is 38.6. The van der Waals surface area contributed by atoms with E-state index < -0.39 is 0 Å². The summed E-state index contributed by atoms with van der Waals surface area (Å²) >= 11 is 0. The standard InChI is InChI=1S/CHBFNO/c2-4-1-5-3/h1H. The second-order valence-electron chi connectivity index (χ2n) is 0.344. The maximum atomic E-state index is 10.3. The first-order valence-electron chi connectivity index (χ1n) is 0.906. The molecule has 0 aromatic heterocycles. The predicted octanol–water partition coefficient (Wildman–Crippen LogP) is -0.000700. The van der Waals surface area contributed by atoms with Gasteiger partial charge in [0.2, 0.25) is 6.40 Å². The molecule has 0 rings (SSSR count). The van der Waals surface area contributed by atoms with Gasteiger partial charge in [-0.3, -0.25) is 4.94 Å². The Balaban J connectivity index is 2.62. The van der Waals surface area contributed by atoms with Crippen molar-refractivity contribution in [3.8, 4) is 0 Å². The normalized spacial score (nSPS) is 9.00. The van der Waals surface area contributed by atoms with Crippen LogP contribution < -0.4 is 0 Å². The van der Waals surface area contributed by atoms with Gasteiger partial charge in [0.15, 0.2) is 0 Å². The highest BCUT2D eigenvalue weighted by atomic mass is 19.3. The van der Waals surface area contributed by atoms with Crippen molar-refractivity contribution in [1.82, 2.24) is 0 Å². The van der Waals surface area contributed by atoms with Crippen LogP contribution in [-0.2, 0) is 4.94 Å². The number of halogens is 1. The molecule has 0 aromatic rings. The molecule has 0 aliphatic carbocycles. The van der Waals surface area contributed by atoms with Gasteiger partial charge in [-0.25, -0.2) is 0 Å². The van der Waals surface area contributed by atoms with Crippen LogP contribution in [0.2, 0.25) is 0 Å². The second kappa shape index (κ2) is 3.46. The van der Waals surface area contributed by atoms with Crippen LogP contribution in [0.5, 0.6) is 0 Å². The average Bonchev–Trinajstić information content (AvgIpc) is 1.41. The van der Waals surface area contributed by atoms with Gasteiger partial charge in [-0.15, -0.1) is 0 Å². The summed E-state index contributed by atoms with van der Waals surface area (Å²) in [5.74, 6) is 0. The van der Waals surface area contributed by atoms with Crippen molar-refractivity contribution >= 4 is 14.4 Å². The van der Waals surface area contributed by atoms with E-state index in [1.165, 1.54) is 0 Å². The van der Waals surface area contributed by atoms with E-state index in [9.17, 15) is 4.53 Å². The summed E-state index contributed by atoms with van der Waals surface area (Å²) in [6.45, 7) is 0. The minimum atomic E-state index is 0.486. The van der Waals surface area contributed by atoms with Crippen molar-refractivity contribution in [3.63, 3.8) is 0 Å². The first-order valence-corrected chi connectivity index (χ1v) is 0.906. The van der Waals surface area contributed by atoms with Gasteiger partial charge in [-0.05, 0) is 0 Å². The zero-order chi connectivity index (χ0) is 4.12. The van der Waals surface area contributed by atoms with Crippen molar-refractivity contribution in [2.24, 2.45) is 4.90 Å². The first kappa shape index (κ1) is 4.46. The minimum absolute atomic E-state index is 0.486. The van der Waals surface area contributed by atoms with E-state index in [-0.39, 0.29) is 0 Å². The molecule has 5 heavy (non-hydrogen) atoms. The van der Waals surface area contributed by atoms with E-state index >= 15 is 0 Å². The van der Waals surface area contributed by atoms with Crippen LogP contribution in [0.4, 0.5) is 4.53 Å². The Hall–Kier alpha value is -0.535. The quantitative estimate of drug-likeness (QED) is 0.243. The largest absolute Gasteiger partial charge is 0.330 e. The summed E-state index contributed by atoms with van der Waals surface area (Å²) in [6, 6.07) is 0. The molecule has 0 heterocycles. The monoisotopic (exact) mass is 73.0 g/mol. The van der Waals surface area contributed by atoms with Crippen LogP contribution in [0, 0.1) is 0 Å². The van der Waals surface area contributed by atoms with Crippen molar-refractivity contribution in [2.75, 3.05) is 0 Å². The highest BCUT2D eigenvalue weighted by Gasteiger charge is 1.54. The molecule has 0 fully saturated rings. The average molecular weight is 72.8 g/mol. The molecular formula is CHBFNO. The fourth-order valence-electron chi connectivity index (χ4n) is 0.0230. The van der Waals surface area contributed by atoms with Gasteiger partial charge in [-0.1, -0.05) is 0 Å². The van der Waals surface area contributed by atoms with Crippen LogP contribution >= 0.6 is 0 Å². The molecule has 2 radical (unpaired) electrons. The third-order valence-corrected chi connectivity index (χ3v) is 0.101. The van der Waals surface area contributed by atoms with Crippen LogP contribution in [0.1, 0.15) is 0 Å². The number of rotatable bonds is 1. The molecule has 4 heteroatoms. The van der Waals surface area contributed by atoms with Crippen LogP contribution in [0.15, 0.2) is 4.90 Å². The van der Waals surface area contributed by atoms with Crippen molar-refractivity contribution in [2.45, 2.75) is 0 Å². The minimum Gasteiger partial charge on any atom is -0.330 e. The number of nitrogens with zero attached hydrogens (tertiary/aromatic N) is 1. The van der Waals surface area contributed by atoms with E-state index in [0.29, 0.717) is 6.40 Å². The third kappa shape index (κ3) is 3.46. The molecule has 0 saturated heterocycles. The summed E-state index contributed by atoms with van der Waals surface area (Å²) in [5.41, 5.74) is 0. The molecule has 2 nitrogen and oxygen atoms in total. The van der Waals surface area contributed by atoms with Crippen molar-refractivity contribution in [1.29, 1.82) is 0 Å². The van der Waals surface area contributed by atoms with Crippen LogP contribution in [0.3, 0.4) is 0 Å². The Labute approximate surface area is 30.0 Å². The molecular weight excluding hydrogens is 71.8 g/mol. The van der Waals surface area contributed by atoms with Gasteiger partial charge >= 0.3 is 0 Å². The molecule has 0 spiro atoms. The lowest BCUT2D eigenvalue weighted by Crippen LogP contribution is -1.66. The molecule has 0 unspecified atom stereocenters. The zero-order valence-electron chi connectivity index (χ0n) is 2.39. The number of hydrogen-bond acceptors (Lipinski definition) is 2. The van der Waals surface area contributed by atoms with Gasteiger partial charge in [0.25, 0.3) is 7.98 Å². The summed E-state index contributed by atoms with van der Waals surface area (Å²) in [5, 5.41) is 0. The Morgan fingerprint density at radius 1 is 2.00 bits per heavy atom. The van der Waals surface area contributed by atoms with Gasteiger partial charge in [0.1, 0.15) is 0 Å². The Kier molecular flexibility index (Phi) is 3.09. The van der Waals surface area contributed by atoms with Gasteiger partial charge < -0.3 is 4.90 Å². The molecule has 0 saturated carbocycles. The van der Waals surface area contributed by atoms with Crippen LogP contribution in [-0.4, -0.2) is 14.4 Å². The lowest BCUT2D eigenvalue weighted by molar-refractivity contribution is -0.0141. The van der Waals surface area contributed by atoms with Crippen LogP contribution in [0.25, 0.3) is 0 Å². The molecule has 0 atom stereocenters. The maximum absolute atomic E-state index is 10.3. The molecule has 0 amide bonds. The van der Waals surface area contributed by atoms with Gasteiger partial charge in [-0.2, -0.15) is 0 Å². The fourth-order valence-corrected chi connectivity index (χ4v) is 0.0230. The summed E-state index contributed by atoms with van der Waals surface area (Å²) in [4.78, 5) is 5.41. The van der Waals surface area contributed by atoms with E-state index in [0.717, 1.165) is 0 Å². The van der Waals surface area contributed by atoms with E-state index in [1.54, 1.807) is 0 Å². The lowest BCUT2D eigenvalue weighted by atomic mass is 10.5. The number of hydrogen-bond donors (Lipinski definition) is 0. The smallest absolute Gasteiger partial charge is 0.263 e. The summed E-state index contributed by atoms with van der Waals surface area (Å²) in [6.07, 6.45) is 0.486. The molecule has 0 N–H and O–H groups in total. The maximum Gasteiger partial charge on any atom is 0.263 e. The Morgan fingerprint density at radius 3 is 2.60 bits per heavy atom. The first-order chi connectivity index (χ1) is 2.41. The van der Waals surface area contributed by atoms with E-state index in [2.05, 4.69) is 17.8 Å². The summed E-state index contributed by atoms with van der Waals surface area (Å²) in [7, 11) is 4.34. The van der Waals surface area contributed by atoms with Gasteiger partial charge in [0.05, 0.1) is 0 Å². The molecule has 26 valence electrons. The molecule has 0 aliphatic heterocycles. The van der Waals surface area contributed by atoms with Crippen molar-refractivity contribution in [3.05, 3.63) is 0 Å². The van der Waals surface area contributed by atoms with Gasteiger partial charge in [0, 0.05) is 4.53 Å². The van der Waals surface area contributed by atoms with E-state index in [1.807, 2.05) is 0 Å².